The molecule has 0 aliphatic carbocycles. The zero-order valence-corrected chi connectivity index (χ0v) is 18.1. The summed E-state index contributed by atoms with van der Waals surface area (Å²) < 4.78 is 6.09. The number of thiocarbonyl (C=S) groups is 1. The number of carbonyl (C=O) groups is 2. The lowest BCUT2D eigenvalue weighted by atomic mass is 9.87. The average Bonchev–Trinajstić information content (AvgIpc) is 2.61. The number of nitrogens with one attached hydrogen (secondary N) is 2. The summed E-state index contributed by atoms with van der Waals surface area (Å²) in [6.07, 6.45) is 0. The van der Waals surface area contributed by atoms with Gasteiger partial charge in [0.2, 0.25) is 0 Å². The third kappa shape index (κ3) is 6.31. The minimum absolute atomic E-state index is 0.0125. The topological polar surface area (TPSA) is 87.7 Å². The number of rotatable bonds is 5. The molecule has 0 atom stereocenters. The number of hydrogen-bond acceptors (Lipinski definition) is 4. The van der Waals surface area contributed by atoms with Crippen molar-refractivity contribution >= 4 is 50.8 Å². The highest BCUT2D eigenvalue weighted by molar-refractivity contribution is 9.10. The molecule has 0 spiro atoms. The van der Waals surface area contributed by atoms with E-state index in [1.54, 1.807) is 12.1 Å². The molecule has 0 aliphatic rings. The SMILES string of the molecule is CC(C)(C)c1ccc(OCC(=O)NC(=S)Nc2ccc(Br)cc2C(=O)O)cc1. The summed E-state index contributed by atoms with van der Waals surface area (Å²) in [5.41, 5.74) is 1.51. The van der Waals surface area contributed by atoms with E-state index < -0.39 is 11.9 Å². The molecule has 0 saturated heterocycles. The second-order valence-electron chi connectivity index (χ2n) is 7.06. The molecule has 0 heterocycles. The number of amides is 1. The van der Waals surface area contributed by atoms with Gasteiger partial charge in [-0.25, -0.2) is 4.79 Å². The molecule has 0 unspecified atom stereocenters. The normalized spacial score (nSPS) is 10.9. The van der Waals surface area contributed by atoms with Crippen LogP contribution < -0.4 is 15.4 Å². The molecule has 28 heavy (non-hydrogen) atoms. The fourth-order valence-electron chi connectivity index (χ4n) is 2.32. The van der Waals surface area contributed by atoms with Gasteiger partial charge in [-0.05, 0) is 53.5 Å². The Balaban J connectivity index is 1.90. The fraction of sp³-hybridized carbons (Fsp3) is 0.250. The van der Waals surface area contributed by atoms with Gasteiger partial charge < -0.3 is 15.2 Å². The first kappa shape index (κ1) is 21.8. The van der Waals surface area contributed by atoms with Crippen LogP contribution in [0.1, 0.15) is 36.7 Å². The molecule has 148 valence electrons. The molecular weight excluding hydrogens is 444 g/mol. The summed E-state index contributed by atoms with van der Waals surface area (Å²) in [5.74, 6) is -0.991. The Kier molecular flexibility index (Phi) is 7.15. The smallest absolute Gasteiger partial charge is 0.337 e. The average molecular weight is 465 g/mol. The van der Waals surface area contributed by atoms with Crippen LogP contribution in [0.4, 0.5) is 5.69 Å². The van der Waals surface area contributed by atoms with Crippen LogP contribution in [-0.2, 0) is 10.2 Å². The molecule has 0 aliphatic heterocycles. The molecule has 6 nitrogen and oxygen atoms in total. The van der Waals surface area contributed by atoms with E-state index in [0.29, 0.717) is 10.2 Å². The van der Waals surface area contributed by atoms with Gasteiger partial charge in [0.1, 0.15) is 5.75 Å². The molecule has 0 aromatic heterocycles. The molecule has 0 saturated carbocycles. The zero-order valence-electron chi connectivity index (χ0n) is 15.7. The monoisotopic (exact) mass is 464 g/mol. The van der Waals surface area contributed by atoms with E-state index >= 15 is 0 Å². The highest BCUT2D eigenvalue weighted by atomic mass is 79.9. The zero-order chi connectivity index (χ0) is 20.9. The van der Waals surface area contributed by atoms with Crippen LogP contribution in [0.2, 0.25) is 0 Å². The van der Waals surface area contributed by atoms with E-state index in [1.807, 2.05) is 24.3 Å². The molecule has 0 fully saturated rings. The van der Waals surface area contributed by atoms with E-state index in [2.05, 4.69) is 47.3 Å². The summed E-state index contributed by atoms with van der Waals surface area (Å²) in [6, 6.07) is 12.2. The predicted molar refractivity (Wildman–Crippen MR) is 116 cm³/mol. The van der Waals surface area contributed by atoms with Crippen molar-refractivity contribution in [3.63, 3.8) is 0 Å². The van der Waals surface area contributed by atoms with Gasteiger partial charge in [0.05, 0.1) is 11.3 Å². The number of carboxylic acid groups (broad SMARTS) is 1. The molecule has 1 amide bonds. The molecule has 8 heteroatoms. The van der Waals surface area contributed by atoms with Gasteiger partial charge >= 0.3 is 5.97 Å². The maximum absolute atomic E-state index is 12.0. The van der Waals surface area contributed by atoms with Crippen molar-refractivity contribution in [1.29, 1.82) is 0 Å². The van der Waals surface area contributed by atoms with Crippen LogP contribution in [0.25, 0.3) is 0 Å². The molecule has 2 aromatic rings. The summed E-state index contributed by atoms with van der Waals surface area (Å²) >= 11 is 8.30. The van der Waals surface area contributed by atoms with E-state index in [0.717, 1.165) is 0 Å². The molecule has 2 aromatic carbocycles. The molecule has 0 radical (unpaired) electrons. The molecule has 2 rings (SSSR count). The summed E-state index contributed by atoms with van der Waals surface area (Å²) in [4.78, 5) is 23.3. The van der Waals surface area contributed by atoms with E-state index in [1.165, 1.54) is 11.6 Å². The second-order valence-corrected chi connectivity index (χ2v) is 8.38. The van der Waals surface area contributed by atoms with Crippen LogP contribution in [0.3, 0.4) is 0 Å². The number of carbonyl (C=O) groups excluding carboxylic acids is 1. The van der Waals surface area contributed by atoms with Gasteiger partial charge in [0.15, 0.2) is 11.7 Å². The minimum Gasteiger partial charge on any atom is -0.484 e. The number of ether oxygens (including phenoxy) is 1. The standard InChI is InChI=1S/C20H21BrN2O4S/c1-20(2,3)12-4-7-14(8-5-12)27-11-17(24)23-19(28)22-16-9-6-13(21)10-15(16)18(25)26/h4-10H,11H2,1-3H3,(H,25,26)(H2,22,23,24,28). The van der Waals surface area contributed by atoms with E-state index in [-0.39, 0.29) is 28.4 Å². The lowest BCUT2D eigenvalue weighted by Gasteiger charge is -2.19. The van der Waals surface area contributed by atoms with Crippen LogP contribution >= 0.6 is 28.1 Å². The van der Waals surface area contributed by atoms with Crippen molar-refractivity contribution in [3.05, 3.63) is 58.1 Å². The highest BCUT2D eigenvalue weighted by Gasteiger charge is 2.14. The molecular formula is C20H21BrN2O4S. The van der Waals surface area contributed by atoms with Crippen molar-refractivity contribution < 1.29 is 19.4 Å². The van der Waals surface area contributed by atoms with Gasteiger partial charge in [0.25, 0.3) is 5.91 Å². The Morgan fingerprint density at radius 1 is 1.14 bits per heavy atom. The van der Waals surface area contributed by atoms with Crippen molar-refractivity contribution in [2.24, 2.45) is 0 Å². The maximum Gasteiger partial charge on any atom is 0.337 e. The lowest BCUT2D eigenvalue weighted by molar-refractivity contribution is -0.121. The van der Waals surface area contributed by atoms with Gasteiger partial charge in [0, 0.05) is 4.47 Å². The maximum atomic E-state index is 12.0. The Morgan fingerprint density at radius 2 is 1.79 bits per heavy atom. The van der Waals surface area contributed by atoms with Crippen LogP contribution in [-0.4, -0.2) is 28.7 Å². The van der Waals surface area contributed by atoms with Gasteiger partial charge in [-0.2, -0.15) is 0 Å². The number of halogens is 1. The Morgan fingerprint density at radius 3 is 2.36 bits per heavy atom. The van der Waals surface area contributed by atoms with E-state index in [9.17, 15) is 14.7 Å². The highest BCUT2D eigenvalue weighted by Crippen LogP contribution is 2.24. The quantitative estimate of drug-likeness (QED) is 0.570. The van der Waals surface area contributed by atoms with Gasteiger partial charge in [-0.3, -0.25) is 10.1 Å². The van der Waals surface area contributed by atoms with Crippen molar-refractivity contribution in [2.75, 3.05) is 11.9 Å². The summed E-state index contributed by atoms with van der Waals surface area (Å²) in [7, 11) is 0. The van der Waals surface area contributed by atoms with Crippen LogP contribution in [0.5, 0.6) is 5.75 Å². The third-order valence-electron chi connectivity index (χ3n) is 3.80. The minimum atomic E-state index is -1.11. The molecule has 3 N–H and O–H groups in total. The Bertz CT molecular complexity index is 892. The van der Waals surface area contributed by atoms with Gasteiger partial charge in [-0.15, -0.1) is 0 Å². The number of anilines is 1. The molecule has 0 bridgehead atoms. The Hall–Kier alpha value is -2.45. The predicted octanol–water partition coefficient (Wildman–Crippen LogP) is 4.34. The third-order valence-corrected chi connectivity index (χ3v) is 4.50. The van der Waals surface area contributed by atoms with Crippen LogP contribution in [0.15, 0.2) is 46.9 Å². The number of benzene rings is 2. The second kappa shape index (κ2) is 9.16. The van der Waals surface area contributed by atoms with E-state index in [4.69, 9.17) is 17.0 Å². The first-order valence-electron chi connectivity index (χ1n) is 8.43. The first-order valence-corrected chi connectivity index (χ1v) is 9.63. The van der Waals surface area contributed by atoms with Gasteiger partial charge in [-0.1, -0.05) is 48.8 Å². The number of hydrogen-bond donors (Lipinski definition) is 3. The van der Waals surface area contributed by atoms with Crippen molar-refractivity contribution in [3.8, 4) is 5.75 Å². The number of carboxylic acids is 1. The number of aromatic carboxylic acids is 1. The van der Waals surface area contributed by atoms with Crippen LogP contribution in [0, 0.1) is 0 Å². The first-order chi connectivity index (χ1) is 13.1. The largest absolute Gasteiger partial charge is 0.484 e. The Labute approximate surface area is 177 Å². The van der Waals surface area contributed by atoms with Crippen molar-refractivity contribution in [1.82, 2.24) is 5.32 Å². The summed E-state index contributed by atoms with van der Waals surface area (Å²) in [6.45, 7) is 6.13. The fourth-order valence-corrected chi connectivity index (χ4v) is 2.90. The van der Waals surface area contributed by atoms with Crippen molar-refractivity contribution in [2.45, 2.75) is 26.2 Å². The summed E-state index contributed by atoms with van der Waals surface area (Å²) in [5, 5.41) is 14.4. The lowest BCUT2D eigenvalue weighted by Crippen LogP contribution is -2.37.